The number of halogens is 2. The van der Waals surface area contributed by atoms with Crippen molar-refractivity contribution >= 4 is 29.4 Å². The van der Waals surface area contributed by atoms with Gasteiger partial charge in [0.1, 0.15) is 5.82 Å². The number of carbonyl (C=O) groups excluding carboxylic acids is 2. The van der Waals surface area contributed by atoms with E-state index in [1.54, 1.807) is 24.3 Å². The van der Waals surface area contributed by atoms with E-state index in [9.17, 15) is 14.0 Å². The summed E-state index contributed by atoms with van der Waals surface area (Å²) < 4.78 is 14.3. The average Bonchev–Trinajstić information content (AvgIpc) is 2.70. The van der Waals surface area contributed by atoms with Crippen molar-refractivity contribution in [1.82, 2.24) is 10.2 Å². The van der Waals surface area contributed by atoms with Crippen LogP contribution in [0, 0.1) is 5.82 Å². The molecule has 0 unspecified atom stereocenters. The van der Waals surface area contributed by atoms with Gasteiger partial charge in [-0.15, -0.1) is 0 Å². The molecule has 1 aliphatic rings. The van der Waals surface area contributed by atoms with Gasteiger partial charge in [-0.3, -0.25) is 14.5 Å². The van der Waals surface area contributed by atoms with Crippen LogP contribution in [-0.2, 0) is 11.3 Å². The van der Waals surface area contributed by atoms with Gasteiger partial charge < -0.3 is 11.1 Å². The second-order valence-electron chi connectivity index (χ2n) is 8.47. The number of hydrogen-bond acceptors (Lipinski definition) is 4. The largest absolute Gasteiger partial charge is 0.369 e. The first kappa shape index (κ1) is 23.7. The maximum atomic E-state index is 14.3. The summed E-state index contributed by atoms with van der Waals surface area (Å²) in [7, 11) is 0. The summed E-state index contributed by atoms with van der Waals surface area (Å²) in [6, 6.07) is 10.9. The lowest BCUT2D eigenvalue weighted by atomic mass is 9.91. The Hall–Kier alpha value is -2.93. The van der Waals surface area contributed by atoms with Crippen molar-refractivity contribution in [2.45, 2.75) is 58.2 Å². The molecule has 0 aromatic heterocycles. The molecule has 0 saturated heterocycles. The summed E-state index contributed by atoms with van der Waals surface area (Å²) in [5, 5.41) is 3.41. The van der Waals surface area contributed by atoms with E-state index in [2.05, 4.69) is 10.3 Å². The third-order valence-corrected chi connectivity index (χ3v) is 5.77. The first-order chi connectivity index (χ1) is 15.1. The molecule has 2 atom stereocenters. The first-order valence-corrected chi connectivity index (χ1v) is 11.0. The topological polar surface area (TPSA) is 87.8 Å². The fourth-order valence-corrected chi connectivity index (χ4v) is 4.17. The second-order valence-corrected chi connectivity index (χ2v) is 8.91. The highest BCUT2D eigenvalue weighted by Gasteiger charge is 2.35. The first-order valence-electron chi connectivity index (χ1n) is 10.6. The predicted molar refractivity (Wildman–Crippen MR) is 124 cm³/mol. The molecule has 0 radical (unpaired) electrons. The van der Waals surface area contributed by atoms with Crippen molar-refractivity contribution in [3.8, 4) is 0 Å². The summed E-state index contributed by atoms with van der Waals surface area (Å²) in [5.41, 5.74) is 7.00. The van der Waals surface area contributed by atoms with E-state index in [1.807, 2.05) is 26.8 Å². The number of nitrogens with one attached hydrogen (secondary N) is 1. The maximum Gasteiger partial charge on any atom is 0.251 e. The predicted octanol–water partition coefficient (Wildman–Crippen LogP) is 4.58. The third kappa shape index (κ3) is 5.65. The van der Waals surface area contributed by atoms with Crippen LogP contribution in [0.25, 0.3) is 0 Å². The Morgan fingerprint density at radius 2 is 2.09 bits per heavy atom. The number of carbonyl (C=O) groups is 2. The van der Waals surface area contributed by atoms with Crippen molar-refractivity contribution < 1.29 is 14.0 Å². The monoisotopic (exact) mass is 458 g/mol. The summed E-state index contributed by atoms with van der Waals surface area (Å²) in [6.45, 7) is 5.80. The molecular formula is C24H28ClFN4O2. The van der Waals surface area contributed by atoms with Gasteiger partial charge in [-0.2, -0.15) is 0 Å². The van der Waals surface area contributed by atoms with Crippen molar-refractivity contribution in [3.63, 3.8) is 0 Å². The molecule has 0 bridgehead atoms. The molecule has 0 fully saturated rings. The molecule has 1 aliphatic heterocycles. The Balaban J connectivity index is 1.77. The summed E-state index contributed by atoms with van der Waals surface area (Å²) in [5.74, 6) is -1.06. The Morgan fingerprint density at radius 3 is 2.75 bits per heavy atom. The quantitative estimate of drug-likeness (QED) is 0.636. The number of benzene rings is 2. The van der Waals surface area contributed by atoms with E-state index < -0.39 is 17.3 Å². The van der Waals surface area contributed by atoms with Crippen molar-refractivity contribution in [1.29, 1.82) is 0 Å². The highest BCUT2D eigenvalue weighted by molar-refractivity contribution is 6.30. The lowest BCUT2D eigenvalue weighted by Crippen LogP contribution is -2.50. The molecule has 3 rings (SSSR count). The van der Waals surface area contributed by atoms with Crippen LogP contribution in [0.2, 0.25) is 5.02 Å². The zero-order valence-electron chi connectivity index (χ0n) is 18.5. The maximum absolute atomic E-state index is 14.3. The third-order valence-electron chi connectivity index (χ3n) is 5.54. The van der Waals surface area contributed by atoms with Crippen LogP contribution in [0.1, 0.15) is 67.6 Å². The van der Waals surface area contributed by atoms with E-state index in [4.69, 9.17) is 17.3 Å². The smallest absolute Gasteiger partial charge is 0.251 e. The fourth-order valence-electron chi connectivity index (χ4n) is 3.97. The molecule has 2 aromatic rings. The summed E-state index contributed by atoms with van der Waals surface area (Å²) in [4.78, 5) is 31.3. The molecule has 0 saturated carbocycles. The standard InChI is InChI=1S/C24H28ClFN4O2/c1-4-8-24(3)13-21(31)30(23(27)29-24)14-16-9-18(12-20(26)10-16)22(32)28-15(2)17-6-5-7-19(25)11-17/h5-7,9-12,15H,4,8,13-14H2,1-3H3,(H2,27,29)(H,28,32)/t15-,24+/m0/s1. The Bertz CT molecular complexity index is 1060. The lowest BCUT2D eigenvalue weighted by molar-refractivity contribution is -0.130. The molecule has 32 heavy (non-hydrogen) atoms. The Kier molecular flexibility index (Phi) is 7.19. The molecular weight excluding hydrogens is 431 g/mol. The number of rotatable bonds is 7. The van der Waals surface area contributed by atoms with Gasteiger partial charge in [0.15, 0.2) is 5.96 Å². The van der Waals surface area contributed by atoms with E-state index in [-0.39, 0.29) is 36.4 Å². The van der Waals surface area contributed by atoms with Gasteiger partial charge in [0, 0.05) is 10.6 Å². The number of guanidine groups is 1. The zero-order chi connectivity index (χ0) is 23.5. The molecule has 0 aliphatic carbocycles. The van der Waals surface area contributed by atoms with Crippen LogP contribution in [0.3, 0.4) is 0 Å². The lowest BCUT2D eigenvalue weighted by Gasteiger charge is -2.35. The van der Waals surface area contributed by atoms with Gasteiger partial charge >= 0.3 is 0 Å². The molecule has 1 heterocycles. The van der Waals surface area contributed by atoms with E-state index in [0.29, 0.717) is 10.6 Å². The van der Waals surface area contributed by atoms with Crippen LogP contribution in [0.5, 0.6) is 0 Å². The minimum atomic E-state index is -0.571. The number of nitrogens with two attached hydrogens (primary N) is 1. The average molecular weight is 459 g/mol. The van der Waals surface area contributed by atoms with Crippen LogP contribution in [0.15, 0.2) is 47.5 Å². The van der Waals surface area contributed by atoms with Crippen molar-refractivity contribution in [2.75, 3.05) is 0 Å². The van der Waals surface area contributed by atoms with E-state index in [1.165, 1.54) is 11.0 Å². The van der Waals surface area contributed by atoms with Crippen LogP contribution < -0.4 is 11.1 Å². The van der Waals surface area contributed by atoms with Crippen molar-refractivity contribution in [3.05, 3.63) is 70.0 Å². The van der Waals surface area contributed by atoms with Gasteiger partial charge in [0.05, 0.1) is 24.5 Å². The van der Waals surface area contributed by atoms with E-state index >= 15 is 0 Å². The molecule has 2 aromatic carbocycles. The molecule has 3 N–H and O–H groups in total. The SMILES string of the molecule is CCC[C@]1(C)CC(=O)N(Cc2cc(F)cc(C(=O)N[C@@H](C)c3cccc(Cl)c3)c2)C(N)=N1. The zero-order valence-corrected chi connectivity index (χ0v) is 19.2. The second kappa shape index (κ2) is 9.69. The molecule has 6 nitrogen and oxygen atoms in total. The van der Waals surface area contributed by atoms with Crippen LogP contribution in [0.4, 0.5) is 4.39 Å². The van der Waals surface area contributed by atoms with Gasteiger partial charge in [-0.1, -0.05) is 37.1 Å². The molecule has 2 amide bonds. The number of hydrogen-bond donors (Lipinski definition) is 2. The van der Waals surface area contributed by atoms with Crippen LogP contribution >= 0.6 is 11.6 Å². The number of nitrogens with zero attached hydrogens (tertiary/aromatic N) is 2. The summed E-state index contributed by atoms with van der Waals surface area (Å²) >= 11 is 6.02. The van der Waals surface area contributed by atoms with Gasteiger partial charge in [0.2, 0.25) is 5.91 Å². The number of aliphatic imine (C=N–C) groups is 1. The minimum absolute atomic E-state index is 0.0399. The number of amides is 2. The Labute approximate surface area is 192 Å². The molecule has 0 spiro atoms. The highest BCUT2D eigenvalue weighted by Crippen LogP contribution is 2.28. The van der Waals surface area contributed by atoms with Crippen molar-refractivity contribution in [2.24, 2.45) is 10.7 Å². The van der Waals surface area contributed by atoms with Gasteiger partial charge in [-0.05, 0) is 61.7 Å². The van der Waals surface area contributed by atoms with E-state index in [0.717, 1.165) is 24.5 Å². The highest BCUT2D eigenvalue weighted by atomic mass is 35.5. The Morgan fingerprint density at radius 1 is 1.34 bits per heavy atom. The van der Waals surface area contributed by atoms with Crippen LogP contribution in [-0.4, -0.2) is 28.2 Å². The summed E-state index contributed by atoms with van der Waals surface area (Å²) in [6.07, 6.45) is 1.88. The molecule has 170 valence electrons. The molecule has 8 heteroatoms. The van der Waals surface area contributed by atoms with Gasteiger partial charge in [-0.25, -0.2) is 9.38 Å². The minimum Gasteiger partial charge on any atom is -0.369 e. The fraction of sp³-hybridized carbons (Fsp3) is 0.375. The van der Waals surface area contributed by atoms with Gasteiger partial charge in [0.25, 0.3) is 5.91 Å². The normalized spacial score (nSPS) is 19.5.